The van der Waals surface area contributed by atoms with Crippen LogP contribution in [0.3, 0.4) is 0 Å². The van der Waals surface area contributed by atoms with E-state index in [4.69, 9.17) is 5.84 Å². The molecule has 48 heavy (non-hydrogen) atoms. The van der Waals surface area contributed by atoms with Crippen LogP contribution in [0, 0.1) is 0 Å². The Morgan fingerprint density at radius 1 is 0.979 bits per heavy atom. The maximum atomic E-state index is 6.76. The number of allylic oxidation sites excluding steroid dienone is 2. The van der Waals surface area contributed by atoms with Gasteiger partial charge in [0, 0.05) is 53.7 Å². The summed E-state index contributed by atoms with van der Waals surface area (Å²) in [6, 6.07) is 17.0. The fourth-order valence-corrected chi connectivity index (χ4v) is 4.95. The van der Waals surface area contributed by atoms with Gasteiger partial charge in [-0.2, -0.15) is 0 Å². The van der Waals surface area contributed by atoms with E-state index in [0.717, 1.165) is 69.9 Å². The van der Waals surface area contributed by atoms with Crippen molar-refractivity contribution >= 4 is 40.3 Å². The van der Waals surface area contributed by atoms with Crippen molar-refractivity contribution in [3.63, 3.8) is 0 Å². The van der Waals surface area contributed by atoms with E-state index >= 15 is 0 Å². The highest BCUT2D eigenvalue weighted by atomic mass is 15.5. The predicted octanol–water partition coefficient (Wildman–Crippen LogP) is 8.56. The summed E-state index contributed by atoms with van der Waals surface area (Å²) in [6.07, 6.45) is 3.51. The Labute approximate surface area is 292 Å². The SMILES string of the molecule is C=C.C=N/C(=C\C(C)=NCCN(C)C)Cc1ccc(NC(=C)N(N)c2cc(C(C)(C)C)cc(NC)c2CC)c2ccccc12.CC.CN. The van der Waals surface area contributed by atoms with Gasteiger partial charge in [-0.15, -0.1) is 13.2 Å². The second kappa shape index (κ2) is 22.4. The molecule has 3 aromatic carbocycles. The quantitative estimate of drug-likeness (QED) is 0.0636. The second-order valence-electron chi connectivity index (χ2n) is 11.9. The van der Waals surface area contributed by atoms with Crippen molar-refractivity contribution in [1.82, 2.24) is 4.90 Å². The Bertz CT molecular complexity index is 1500. The number of nitrogens with two attached hydrogens (primary N) is 2. The first-order valence-electron chi connectivity index (χ1n) is 16.7. The van der Waals surface area contributed by atoms with Gasteiger partial charge in [-0.3, -0.25) is 15.0 Å². The molecule has 0 heterocycles. The van der Waals surface area contributed by atoms with E-state index in [1.807, 2.05) is 54.1 Å². The lowest BCUT2D eigenvalue weighted by Crippen LogP contribution is -2.34. The fourth-order valence-electron chi connectivity index (χ4n) is 4.95. The number of nitrogens with one attached hydrogen (secondary N) is 2. The molecule has 264 valence electrons. The predicted molar refractivity (Wildman–Crippen MR) is 218 cm³/mol. The molecule has 0 unspecified atom stereocenters. The molecule has 0 aliphatic carbocycles. The van der Waals surface area contributed by atoms with Crippen molar-refractivity contribution in [3.05, 3.63) is 103 Å². The summed E-state index contributed by atoms with van der Waals surface area (Å²) in [6.45, 7) is 30.6. The van der Waals surface area contributed by atoms with E-state index in [2.05, 4.69) is 128 Å². The Hall–Kier alpha value is -4.24. The molecule has 8 nitrogen and oxygen atoms in total. The zero-order valence-electron chi connectivity index (χ0n) is 31.8. The summed E-state index contributed by atoms with van der Waals surface area (Å²) in [4.78, 5) is 11.1. The van der Waals surface area contributed by atoms with Gasteiger partial charge >= 0.3 is 0 Å². The Balaban J connectivity index is 0.00000348. The highest BCUT2D eigenvalue weighted by Gasteiger charge is 2.21. The summed E-state index contributed by atoms with van der Waals surface area (Å²) in [5.74, 6) is 7.35. The number of hydrazine groups is 1. The lowest BCUT2D eigenvalue weighted by Gasteiger charge is -2.29. The Morgan fingerprint density at radius 2 is 1.58 bits per heavy atom. The minimum atomic E-state index is -0.0293. The van der Waals surface area contributed by atoms with Gasteiger partial charge in [0.15, 0.2) is 0 Å². The van der Waals surface area contributed by atoms with Gasteiger partial charge in [0.05, 0.1) is 12.2 Å². The standard InChI is InChI=1S/C35H49N7.C2H6.C2H4.CH5N/c1-11-29-33(38-8)22-27(35(4,5)6)23-34(29)42(36)25(3)40-32-17-16-26(30-14-12-13-15-31(30)32)21-28(37-7)20-24(2)39-18-19-41(9)10;3*1-2/h12-17,20,22-23,38,40H,3,7,11,18-19,21,36H2,1-2,4-6,8-10H3;1-2H3;1-2H2;2H2,1H3/b28-20-,39-24?;;;. The maximum absolute atomic E-state index is 6.76. The number of aliphatic imine (C=N–C) groups is 2. The molecule has 0 amide bonds. The molecule has 0 saturated heterocycles. The number of anilines is 3. The molecule has 0 atom stereocenters. The first kappa shape index (κ1) is 43.8. The Morgan fingerprint density at radius 3 is 2.10 bits per heavy atom. The zero-order valence-corrected chi connectivity index (χ0v) is 31.8. The van der Waals surface area contributed by atoms with E-state index in [-0.39, 0.29) is 5.41 Å². The van der Waals surface area contributed by atoms with Crippen molar-refractivity contribution in [2.24, 2.45) is 21.6 Å². The number of hydrogen-bond acceptors (Lipinski definition) is 8. The van der Waals surface area contributed by atoms with Crippen LogP contribution in [0.4, 0.5) is 17.1 Å². The second-order valence-corrected chi connectivity index (χ2v) is 11.9. The van der Waals surface area contributed by atoms with E-state index in [1.165, 1.54) is 12.6 Å². The van der Waals surface area contributed by atoms with Crippen molar-refractivity contribution in [1.29, 1.82) is 0 Å². The average molecular weight is 657 g/mol. The van der Waals surface area contributed by atoms with Crippen LogP contribution in [0.15, 0.2) is 95.8 Å². The lowest BCUT2D eigenvalue weighted by atomic mass is 9.85. The van der Waals surface area contributed by atoms with E-state index < -0.39 is 0 Å². The van der Waals surface area contributed by atoms with Crippen LogP contribution in [-0.4, -0.2) is 58.6 Å². The lowest BCUT2D eigenvalue weighted by molar-refractivity contribution is 0.420. The van der Waals surface area contributed by atoms with Gasteiger partial charge in [0.1, 0.15) is 5.82 Å². The third-order valence-corrected chi connectivity index (χ3v) is 7.42. The molecule has 3 aromatic rings. The molecular formula is C40H64N8. The third-order valence-electron chi connectivity index (χ3n) is 7.42. The summed E-state index contributed by atoms with van der Waals surface area (Å²) in [5.41, 5.74) is 12.8. The largest absolute Gasteiger partial charge is 0.388 e. The average Bonchev–Trinajstić information content (AvgIpc) is 3.09. The van der Waals surface area contributed by atoms with Crippen LogP contribution in [0.25, 0.3) is 10.8 Å². The van der Waals surface area contributed by atoms with Crippen molar-refractivity contribution < 1.29 is 0 Å². The van der Waals surface area contributed by atoms with E-state index in [9.17, 15) is 0 Å². The Kier molecular flexibility index (Phi) is 20.4. The molecule has 0 bridgehead atoms. The summed E-state index contributed by atoms with van der Waals surface area (Å²) >= 11 is 0. The molecule has 0 aliphatic heterocycles. The monoisotopic (exact) mass is 657 g/mol. The normalized spacial score (nSPS) is 11.3. The van der Waals surface area contributed by atoms with Gasteiger partial charge < -0.3 is 21.3 Å². The van der Waals surface area contributed by atoms with Gasteiger partial charge in [-0.1, -0.05) is 78.5 Å². The van der Waals surface area contributed by atoms with Gasteiger partial charge in [0.25, 0.3) is 0 Å². The number of nitrogens with zero attached hydrogens (tertiary/aromatic N) is 4. The molecule has 8 heteroatoms. The summed E-state index contributed by atoms with van der Waals surface area (Å²) in [5, 5.41) is 10.7. The topological polar surface area (TPSA) is 107 Å². The highest BCUT2D eigenvalue weighted by molar-refractivity contribution is 5.97. The molecule has 0 fully saturated rings. The molecule has 0 saturated carbocycles. The van der Waals surface area contributed by atoms with Crippen molar-refractivity contribution in [3.8, 4) is 0 Å². The fraction of sp³-hybridized carbons (Fsp3) is 0.400. The van der Waals surface area contributed by atoms with Gasteiger partial charge in [-0.25, -0.2) is 5.84 Å². The molecular weight excluding hydrogens is 592 g/mol. The number of likely N-dealkylation sites (N-methyl/N-ethyl adjacent to an activating group) is 1. The van der Waals surface area contributed by atoms with E-state index in [1.54, 1.807) is 5.01 Å². The molecule has 0 spiro atoms. The molecule has 0 aromatic heterocycles. The van der Waals surface area contributed by atoms with Crippen LogP contribution in [0.1, 0.15) is 65.2 Å². The smallest absolute Gasteiger partial charge is 0.117 e. The van der Waals surface area contributed by atoms with Crippen LogP contribution in [-0.2, 0) is 18.3 Å². The minimum absolute atomic E-state index is 0.0293. The first-order valence-corrected chi connectivity index (χ1v) is 16.7. The third kappa shape index (κ3) is 12.8. The number of hydrogen-bond donors (Lipinski definition) is 4. The highest BCUT2D eigenvalue weighted by Crippen LogP contribution is 2.36. The van der Waals surface area contributed by atoms with Crippen LogP contribution in [0.2, 0.25) is 0 Å². The van der Waals surface area contributed by atoms with Gasteiger partial charge in [0.2, 0.25) is 0 Å². The number of fused-ring (bicyclic) bond motifs is 1. The van der Waals surface area contributed by atoms with E-state index in [0.29, 0.717) is 12.2 Å². The number of benzene rings is 3. The number of rotatable bonds is 13. The van der Waals surface area contributed by atoms with Crippen LogP contribution in [0.5, 0.6) is 0 Å². The maximum Gasteiger partial charge on any atom is 0.117 e. The zero-order chi connectivity index (χ0) is 37.0. The van der Waals surface area contributed by atoms with Crippen LogP contribution >= 0.6 is 0 Å². The molecule has 0 aliphatic rings. The minimum Gasteiger partial charge on any atom is -0.388 e. The summed E-state index contributed by atoms with van der Waals surface area (Å²) in [7, 11) is 7.55. The molecule has 6 N–H and O–H groups in total. The van der Waals surface area contributed by atoms with Crippen LogP contribution < -0.4 is 27.2 Å². The van der Waals surface area contributed by atoms with Gasteiger partial charge in [-0.05, 0) is 87.4 Å². The van der Waals surface area contributed by atoms with Crippen molar-refractivity contribution in [2.75, 3.05) is 56.9 Å². The molecule has 3 rings (SSSR count). The summed E-state index contributed by atoms with van der Waals surface area (Å²) < 4.78 is 0. The van der Waals surface area contributed by atoms with Crippen molar-refractivity contribution in [2.45, 2.75) is 66.7 Å². The first-order chi connectivity index (χ1) is 22.9. The molecule has 0 radical (unpaired) electrons.